The summed E-state index contributed by atoms with van der Waals surface area (Å²) in [5.74, 6) is -0.904. The highest BCUT2D eigenvalue weighted by molar-refractivity contribution is 6.30. The van der Waals surface area contributed by atoms with E-state index in [1.54, 1.807) is 12.1 Å². The molecule has 34 heavy (non-hydrogen) atoms. The normalized spacial score (nSPS) is 29.6. The van der Waals surface area contributed by atoms with Crippen LogP contribution >= 0.6 is 11.6 Å². The van der Waals surface area contributed by atoms with Crippen LogP contribution in [0.2, 0.25) is 5.02 Å². The molecule has 180 valence electrons. The second kappa shape index (κ2) is 8.79. The second-order valence-corrected chi connectivity index (χ2v) is 9.50. The molecule has 3 aliphatic carbocycles. The topological polar surface area (TPSA) is 115 Å². The van der Waals surface area contributed by atoms with E-state index in [9.17, 15) is 19.2 Å². The Bertz CT molecular complexity index is 1080. The Labute approximate surface area is 200 Å². The quantitative estimate of drug-likeness (QED) is 0.521. The Balaban J connectivity index is 1.05. The molecule has 1 heterocycles. The van der Waals surface area contributed by atoms with Gasteiger partial charge in [-0.2, -0.15) is 5.48 Å². The van der Waals surface area contributed by atoms with Crippen molar-refractivity contribution in [3.05, 3.63) is 70.1 Å². The van der Waals surface area contributed by atoms with E-state index in [-0.39, 0.29) is 35.7 Å². The number of nitrogens with one attached hydrogen (secondary N) is 3. The van der Waals surface area contributed by atoms with Crippen LogP contribution in [0.4, 0.5) is 4.39 Å². The number of halogens is 2. The first-order chi connectivity index (χ1) is 16.3. The molecule has 4 aliphatic rings. The third-order valence-corrected chi connectivity index (χ3v) is 6.88. The number of ether oxygens (including phenoxy) is 1. The van der Waals surface area contributed by atoms with E-state index in [1.807, 2.05) is 18.2 Å². The summed E-state index contributed by atoms with van der Waals surface area (Å²) in [5, 5.41) is 19.0. The predicted octanol–water partition coefficient (Wildman–Crippen LogP) is 2.37. The molecule has 1 aliphatic heterocycles. The maximum absolute atomic E-state index is 13.5. The zero-order valence-corrected chi connectivity index (χ0v) is 18.8. The van der Waals surface area contributed by atoms with Crippen molar-refractivity contribution < 1.29 is 23.6 Å². The molecule has 2 bridgehead atoms. The molecule has 3 saturated carbocycles. The van der Waals surface area contributed by atoms with Gasteiger partial charge >= 0.3 is 0 Å². The lowest BCUT2D eigenvalue weighted by Gasteiger charge is -2.69. The fourth-order valence-electron chi connectivity index (χ4n) is 4.96. The van der Waals surface area contributed by atoms with Gasteiger partial charge in [0.1, 0.15) is 17.8 Å². The first-order valence-electron chi connectivity index (χ1n) is 10.9. The van der Waals surface area contributed by atoms with Crippen molar-refractivity contribution in [3.63, 3.8) is 0 Å². The minimum atomic E-state index is -0.775. The van der Waals surface area contributed by atoms with Gasteiger partial charge in [0.05, 0.1) is 16.6 Å². The number of rotatable bonds is 8. The monoisotopic (exact) mass is 489 g/mol. The molecule has 9 nitrogen and oxygen atoms in total. The number of benzene rings is 2. The third-order valence-electron chi connectivity index (χ3n) is 6.57. The first-order valence-corrected chi connectivity index (χ1v) is 11.3. The molecule has 3 N–H and O–H groups in total. The van der Waals surface area contributed by atoms with Gasteiger partial charge in [0, 0.05) is 18.2 Å². The van der Waals surface area contributed by atoms with Gasteiger partial charge in [-0.3, -0.25) is 14.4 Å². The van der Waals surface area contributed by atoms with E-state index in [0.717, 1.165) is 16.7 Å². The average molecular weight is 490 g/mol. The smallest absolute Gasteiger partial charge is 0.258 e. The van der Waals surface area contributed by atoms with Crippen LogP contribution in [0.5, 0.6) is 5.75 Å². The third kappa shape index (κ3) is 4.23. The minimum Gasteiger partial charge on any atom is -0.782 e. The minimum absolute atomic E-state index is 0.0237. The maximum Gasteiger partial charge on any atom is 0.258 e. The fourth-order valence-corrected chi connectivity index (χ4v) is 5.08. The van der Waals surface area contributed by atoms with E-state index in [1.165, 1.54) is 12.1 Å². The Hall–Kier alpha value is -2.76. The highest BCUT2D eigenvalue weighted by Crippen LogP contribution is 2.67. The average Bonchev–Trinajstić information content (AvgIpc) is 3.15. The maximum atomic E-state index is 13.5. The highest BCUT2D eigenvalue weighted by Gasteiger charge is 2.72. The molecule has 0 spiro atoms. The van der Waals surface area contributed by atoms with Gasteiger partial charge in [-0.15, -0.1) is 0 Å². The predicted molar refractivity (Wildman–Crippen MR) is 119 cm³/mol. The summed E-state index contributed by atoms with van der Waals surface area (Å²) in [6, 6.07) is 13.0. The van der Waals surface area contributed by atoms with Crippen LogP contribution in [0.1, 0.15) is 31.1 Å². The molecule has 1 saturated heterocycles. The fraction of sp³-hybridized carbons (Fsp3) is 0.391. The van der Waals surface area contributed by atoms with E-state index < -0.39 is 29.2 Å². The van der Waals surface area contributed by atoms with E-state index >= 15 is 0 Å². The molecule has 4 fully saturated rings. The molecule has 6 rings (SSSR count). The van der Waals surface area contributed by atoms with Crippen LogP contribution in [-0.2, 0) is 14.4 Å². The summed E-state index contributed by atoms with van der Waals surface area (Å²) in [6.07, 6.45) is 0.0913. The van der Waals surface area contributed by atoms with Crippen LogP contribution in [0.3, 0.4) is 0 Å². The Morgan fingerprint density at radius 3 is 2.68 bits per heavy atom. The molecule has 0 aromatic heterocycles. The number of amides is 2. The molecule has 2 atom stereocenters. The van der Waals surface area contributed by atoms with Gasteiger partial charge in [0.15, 0.2) is 6.61 Å². The lowest BCUT2D eigenvalue weighted by atomic mass is 9.39. The first kappa shape index (κ1) is 23.0. The van der Waals surface area contributed by atoms with Gasteiger partial charge in [-0.1, -0.05) is 41.9 Å². The number of carbonyl (C=O) groups is 2. The van der Waals surface area contributed by atoms with Crippen molar-refractivity contribution in [1.82, 2.24) is 21.2 Å². The summed E-state index contributed by atoms with van der Waals surface area (Å²) in [7, 11) is 0. The molecule has 0 radical (unpaired) electrons. The number of nitrogens with zero attached hydrogens (tertiary/aromatic N) is 1. The molecular weight excluding hydrogens is 467 g/mol. The number of carbonyl (C=O) groups excluding carboxylic acids is 2. The summed E-state index contributed by atoms with van der Waals surface area (Å²) < 4.78 is 18.8. The summed E-state index contributed by atoms with van der Waals surface area (Å²) in [4.78, 5) is 30.3. The number of hydrogen-bond donors (Lipinski definition) is 3. The molecule has 11 heteroatoms. The van der Waals surface area contributed by atoms with Gasteiger partial charge in [0.2, 0.25) is 5.91 Å². The van der Waals surface area contributed by atoms with Crippen LogP contribution in [0, 0.1) is 16.4 Å². The van der Waals surface area contributed by atoms with Gasteiger partial charge in [-0.05, 0) is 37.0 Å². The number of hydrogen-bond acceptors (Lipinski definition) is 7. The Morgan fingerprint density at radius 1 is 1.24 bits per heavy atom. The van der Waals surface area contributed by atoms with Crippen LogP contribution in [-0.4, -0.2) is 41.7 Å². The van der Waals surface area contributed by atoms with Crippen LogP contribution < -0.4 is 20.9 Å². The highest BCUT2D eigenvalue weighted by atomic mass is 35.5. The number of hydroxylamine groups is 3. The van der Waals surface area contributed by atoms with Crippen molar-refractivity contribution in [2.75, 3.05) is 13.2 Å². The van der Waals surface area contributed by atoms with Gasteiger partial charge in [-0.25, -0.2) is 4.39 Å². The van der Waals surface area contributed by atoms with Crippen molar-refractivity contribution in [2.24, 2.45) is 5.41 Å². The lowest BCUT2D eigenvalue weighted by molar-refractivity contribution is -0.184. The largest absolute Gasteiger partial charge is 0.782 e. The van der Waals surface area contributed by atoms with Crippen molar-refractivity contribution in [2.45, 2.75) is 37.2 Å². The van der Waals surface area contributed by atoms with Gasteiger partial charge < -0.3 is 25.6 Å². The van der Waals surface area contributed by atoms with Gasteiger partial charge in [0.25, 0.3) is 5.91 Å². The molecule has 2 amide bonds. The van der Waals surface area contributed by atoms with E-state index in [0.29, 0.717) is 19.3 Å². The SMILES string of the molecule is O=C(COc1ccc(Cl)c(F)c1)NC12CC(C(=O)NCC3NOC(c4ccccc4)N3[O-])(C1)C2. The van der Waals surface area contributed by atoms with Crippen LogP contribution in [0.25, 0.3) is 0 Å². The zero-order valence-electron chi connectivity index (χ0n) is 18.1. The lowest BCUT2D eigenvalue weighted by Crippen LogP contribution is -2.78. The van der Waals surface area contributed by atoms with E-state index in [4.69, 9.17) is 21.2 Å². The van der Waals surface area contributed by atoms with Crippen molar-refractivity contribution in [3.8, 4) is 5.75 Å². The second-order valence-electron chi connectivity index (χ2n) is 9.09. The summed E-state index contributed by atoms with van der Waals surface area (Å²) >= 11 is 5.63. The molecule has 2 unspecified atom stereocenters. The van der Waals surface area contributed by atoms with Crippen molar-refractivity contribution >= 4 is 23.4 Å². The summed E-state index contributed by atoms with van der Waals surface area (Å²) in [5.41, 5.74) is 2.45. The van der Waals surface area contributed by atoms with Crippen LogP contribution in [0.15, 0.2) is 48.5 Å². The molecule has 2 aromatic rings. The van der Waals surface area contributed by atoms with Crippen molar-refractivity contribution in [1.29, 1.82) is 0 Å². The molecular formula is C23H23ClFN4O5-. The summed E-state index contributed by atoms with van der Waals surface area (Å²) in [6.45, 7) is -0.171. The Morgan fingerprint density at radius 2 is 1.97 bits per heavy atom. The van der Waals surface area contributed by atoms with E-state index in [2.05, 4.69) is 16.1 Å². The standard InChI is InChI=1S/C23H23ClFN4O5/c24-16-7-6-15(8-17(16)25)33-10-19(30)27-23-11-22(12-23,13-23)21(31)26-9-18-28-34-20(29(18)32)14-4-2-1-3-5-14/h1-8,18,20,28H,9-13H2,(H,26,31)(H,27,30)/q-1. The Kier molecular flexibility index (Phi) is 5.95. The molecule has 2 aromatic carbocycles. The zero-order chi connectivity index (χ0) is 23.9.